The summed E-state index contributed by atoms with van der Waals surface area (Å²) in [6.45, 7) is 17.1. The van der Waals surface area contributed by atoms with E-state index >= 15 is 0 Å². The molecular weight excluding hydrogens is 1900 g/mol. The normalized spacial score (nSPS) is 20.1. The Balaban J connectivity index is 0.000000130. The number of nitrogens with zero attached hydrogens (tertiary/aromatic N) is 7. The fourth-order valence-electron chi connectivity index (χ4n) is 20.1. The van der Waals surface area contributed by atoms with Crippen LogP contribution < -0.4 is 64.0 Å². The number of carboxylic acids is 1. The Morgan fingerprint density at radius 2 is 0.594 bits per heavy atom. The molecule has 7 N–H and O–H groups in total. The van der Waals surface area contributed by atoms with Gasteiger partial charge in [0, 0.05) is 123 Å². The topological polar surface area (TPSA) is 263 Å². The summed E-state index contributed by atoms with van der Waals surface area (Å²) in [4.78, 5) is 67.3. The average Bonchev–Trinajstić information content (AvgIpc) is 1.77. The summed E-state index contributed by atoms with van der Waals surface area (Å²) in [7, 11) is 0. The number of hydrogen-bond acceptors (Lipinski definition) is 25. The van der Waals surface area contributed by atoms with E-state index in [4.69, 9.17) is 33.5 Å². The van der Waals surface area contributed by atoms with Crippen molar-refractivity contribution in [3.8, 4) is 34.5 Å². The molecule has 10 atom stereocenters. The summed E-state index contributed by atoms with van der Waals surface area (Å²) in [5.41, 5.74) is 6.87. The molecule has 23 rings (SSSR count). The number of carboxylic acid groups (broad SMARTS) is 1. The van der Waals surface area contributed by atoms with E-state index in [1.807, 2.05) is 54.6 Å². The van der Waals surface area contributed by atoms with Crippen molar-refractivity contribution in [2.45, 2.75) is 123 Å². The summed E-state index contributed by atoms with van der Waals surface area (Å²) in [5.74, 6) is 2.93. The molecule has 24 nitrogen and oxygen atoms in total. The number of carbonyl (C=O) groups is 4. The van der Waals surface area contributed by atoms with Gasteiger partial charge in [-0.2, -0.15) is 0 Å². The van der Waals surface area contributed by atoms with Crippen LogP contribution >= 0.6 is 72.6 Å². The first-order valence-electron chi connectivity index (χ1n) is 47.6. The van der Waals surface area contributed by atoms with Crippen LogP contribution in [-0.2, 0) is 19.2 Å². The lowest BCUT2D eigenvalue weighted by Crippen LogP contribution is -2.48. The van der Waals surface area contributed by atoms with Crippen molar-refractivity contribution in [2.75, 3.05) is 171 Å². The maximum absolute atomic E-state index is 13.4. The Morgan fingerprint density at radius 3 is 0.891 bits per heavy atom. The van der Waals surface area contributed by atoms with Crippen LogP contribution in [-0.4, -0.2) is 228 Å². The van der Waals surface area contributed by atoms with Crippen molar-refractivity contribution in [2.24, 2.45) is 23.7 Å². The lowest BCUT2D eigenvalue weighted by molar-refractivity contribution is -0.141. The molecule has 15 heterocycles. The number of amides is 3. The molecular formula is C108H129BrN10O14S5. The van der Waals surface area contributed by atoms with Crippen LogP contribution in [0.1, 0.15) is 121 Å². The van der Waals surface area contributed by atoms with Crippen LogP contribution in [0.3, 0.4) is 0 Å². The third-order valence-electron chi connectivity index (χ3n) is 27.7. The Hall–Kier alpha value is -10.3. The number of halogens is 1. The van der Waals surface area contributed by atoms with Crippen molar-refractivity contribution < 1.29 is 68.0 Å². The van der Waals surface area contributed by atoms with Crippen molar-refractivity contribution in [1.29, 1.82) is 0 Å². The van der Waals surface area contributed by atoms with Gasteiger partial charge < -0.3 is 99.1 Å². The van der Waals surface area contributed by atoms with Gasteiger partial charge in [-0.25, -0.2) is 0 Å². The van der Waals surface area contributed by atoms with Gasteiger partial charge in [0.1, 0.15) is 58.0 Å². The Morgan fingerprint density at radius 1 is 0.319 bits per heavy atom. The van der Waals surface area contributed by atoms with Crippen LogP contribution in [0.2, 0.25) is 0 Å². The molecule has 8 aromatic carbocycles. The van der Waals surface area contributed by atoms with Gasteiger partial charge >= 0.3 is 5.97 Å². The van der Waals surface area contributed by atoms with Crippen LogP contribution in [0.25, 0.3) is 50.4 Å². The highest BCUT2D eigenvalue weighted by molar-refractivity contribution is 9.10. The zero-order valence-corrected chi connectivity index (χ0v) is 81.3. The van der Waals surface area contributed by atoms with Crippen LogP contribution in [0.5, 0.6) is 34.5 Å². The number of anilines is 4. The van der Waals surface area contributed by atoms with Crippen LogP contribution in [0.4, 0.5) is 22.7 Å². The van der Waals surface area contributed by atoms with Crippen LogP contribution in [0.15, 0.2) is 207 Å². The number of aliphatic hydroxyl groups excluding tert-OH is 3. The van der Waals surface area contributed by atoms with E-state index in [0.29, 0.717) is 120 Å². The second-order valence-corrected chi connectivity index (χ2v) is 42.3. The van der Waals surface area contributed by atoms with E-state index in [-0.39, 0.29) is 63.7 Å². The van der Waals surface area contributed by atoms with Crippen LogP contribution in [0, 0.1) is 23.7 Å². The SMILES string of the molecule is Brc1ccc2sccc2c1.C.C.C.O=C(N[C@H](CN1CCCC1)[C@H](O)c1ccc2c(c1)OCCO2)C1CCN(c2ccc3ccsc3c2)C1.O=C(N[C@H](CN1CCCC1)[C@H](O)c1ccc2c(c1)OCCO2)[C@@H]1CCN(c2ccc3ccsc3c2)C1.O=C(N[C@H](CN1CCCC1)[C@H](O)c1ccc2c(c1)OCCO2)[C@H]1CCN(c2ccc3ccsc3c2)C1.O=C(O)C1CCN(c2ccc3ccsc3c2)C1. The van der Waals surface area contributed by atoms with E-state index in [1.54, 1.807) is 56.7 Å². The van der Waals surface area contributed by atoms with Crippen molar-refractivity contribution in [3.05, 3.63) is 224 Å². The number of benzene rings is 8. The van der Waals surface area contributed by atoms with E-state index in [9.17, 15) is 34.5 Å². The van der Waals surface area contributed by atoms with E-state index < -0.39 is 42.4 Å². The monoisotopic (exact) mass is 2030 g/mol. The Bertz CT molecular complexity index is 5800. The molecule has 10 aliphatic rings. The second-order valence-electron chi connectivity index (χ2n) is 36.7. The zero-order valence-electron chi connectivity index (χ0n) is 75.7. The molecule has 0 bridgehead atoms. The van der Waals surface area contributed by atoms with E-state index in [2.05, 4.69) is 214 Å². The van der Waals surface area contributed by atoms with E-state index in [1.165, 1.54) is 67.5 Å². The van der Waals surface area contributed by atoms with Gasteiger partial charge in [-0.15, -0.1) is 56.7 Å². The zero-order chi connectivity index (χ0) is 92.3. The van der Waals surface area contributed by atoms with Gasteiger partial charge in [-0.1, -0.05) is 80.7 Å². The molecule has 7 saturated heterocycles. The highest BCUT2D eigenvalue weighted by Gasteiger charge is 2.39. The Kier molecular flexibility index (Phi) is 34.5. The smallest absolute Gasteiger partial charge is 0.308 e. The first kappa shape index (κ1) is 101. The number of thiophene rings is 5. The van der Waals surface area contributed by atoms with Gasteiger partial charge in [0.2, 0.25) is 17.7 Å². The molecule has 30 heteroatoms. The lowest BCUT2D eigenvalue weighted by Gasteiger charge is -2.30. The van der Waals surface area contributed by atoms with Gasteiger partial charge in [-0.3, -0.25) is 19.2 Å². The largest absolute Gasteiger partial charge is 0.486 e. The summed E-state index contributed by atoms with van der Waals surface area (Å²) in [6, 6.07) is 58.4. The number of carbonyl (C=O) groups excluding carboxylic acids is 3. The summed E-state index contributed by atoms with van der Waals surface area (Å²) < 4.78 is 41.7. The molecule has 732 valence electrons. The summed E-state index contributed by atoms with van der Waals surface area (Å²) in [6.07, 6.45) is 7.65. The van der Waals surface area contributed by atoms with Crippen molar-refractivity contribution >= 4 is 169 Å². The number of hydrogen-bond donors (Lipinski definition) is 7. The second kappa shape index (κ2) is 47.3. The average molecular weight is 2030 g/mol. The van der Waals surface area contributed by atoms with Crippen molar-refractivity contribution in [1.82, 2.24) is 30.7 Å². The Labute approximate surface area is 837 Å². The molecule has 10 aliphatic heterocycles. The third kappa shape index (κ3) is 24.6. The van der Waals surface area contributed by atoms with Gasteiger partial charge in [0.15, 0.2) is 34.5 Å². The minimum Gasteiger partial charge on any atom is -0.486 e. The lowest BCUT2D eigenvalue weighted by atomic mass is 9.99. The molecule has 13 aromatic rings. The van der Waals surface area contributed by atoms with Gasteiger partial charge in [-0.05, 0) is 307 Å². The number of likely N-dealkylation sites (tertiary alicyclic amines) is 3. The number of ether oxygens (including phenoxy) is 6. The predicted octanol–water partition coefficient (Wildman–Crippen LogP) is 19.8. The van der Waals surface area contributed by atoms with E-state index in [0.717, 1.165) is 157 Å². The molecule has 2 unspecified atom stereocenters. The quantitative estimate of drug-likeness (QED) is 0.0314. The highest BCUT2D eigenvalue weighted by atomic mass is 79.9. The first-order valence-corrected chi connectivity index (χ1v) is 52.8. The number of aliphatic hydroxyl groups is 3. The van der Waals surface area contributed by atoms with Gasteiger partial charge in [0.25, 0.3) is 0 Å². The minimum atomic E-state index is -0.830. The number of rotatable bonds is 23. The molecule has 7 fully saturated rings. The molecule has 0 radical (unpaired) electrons. The van der Waals surface area contributed by atoms with Gasteiger partial charge in [0.05, 0.1) is 41.8 Å². The summed E-state index contributed by atoms with van der Waals surface area (Å²) >= 11 is 12.2. The summed E-state index contributed by atoms with van der Waals surface area (Å²) in [5, 5.41) is 69.8. The fraction of sp³-hybridized carbons (Fsp3) is 0.426. The molecule has 0 saturated carbocycles. The maximum Gasteiger partial charge on any atom is 0.308 e. The fourth-order valence-corrected chi connectivity index (χ4v) is 24.5. The number of aliphatic carboxylic acids is 1. The molecule has 0 spiro atoms. The number of fused-ring (bicyclic) bond motifs is 8. The maximum atomic E-state index is 13.4. The molecule has 0 aliphatic carbocycles. The molecule has 138 heavy (non-hydrogen) atoms. The third-order valence-corrected chi connectivity index (χ3v) is 32.6. The molecule has 5 aromatic heterocycles. The predicted molar refractivity (Wildman–Crippen MR) is 566 cm³/mol. The van der Waals surface area contributed by atoms with Crippen molar-refractivity contribution in [3.63, 3.8) is 0 Å². The molecule has 3 amide bonds. The minimum absolute atomic E-state index is 0. The highest BCUT2D eigenvalue weighted by Crippen LogP contribution is 2.41. The standard InChI is InChI=1S/3C28H33N3O4S.C13H13NO2S.C8H5BrS.3CH4/c3*32-27(20-4-6-24-25(15-20)35-13-12-34-24)23(18-30-9-1-2-10-30)29-28(33)21-7-11-31(17-21)22-5-3-19-8-14-36-26(19)16-22;15-13(16)10-3-5-14(8-10)11-2-1-9-4-6-17-12(9)7-11;9-7-1-2-8-6(5-7)3-4-10-8;;;/h3*3-6,8,14-16,21,23,27,32H,1-2,7,9-13,17-18H2,(H,29,33);1-2,4,6-7,10H,3,5,8H2,(H,15,16);1-5H;3*1H4/t21?,23-,27-;21-,23+,27+;21-,23-,27-;;;;;/m101...../s1. The number of nitrogens with one attached hydrogen (secondary N) is 3. The first-order chi connectivity index (χ1) is 66.0.